The number of pyridine rings is 1. The van der Waals surface area contributed by atoms with Crippen LogP contribution >= 0.6 is 0 Å². The highest BCUT2D eigenvalue weighted by Gasteiger charge is 2.24. The lowest BCUT2D eigenvalue weighted by atomic mass is 10.2. The van der Waals surface area contributed by atoms with Crippen molar-refractivity contribution in [3.8, 4) is 11.4 Å². The number of carbonyl (C=O) groups is 1. The molecule has 1 saturated heterocycles. The van der Waals surface area contributed by atoms with Crippen LogP contribution in [0.25, 0.3) is 11.4 Å². The molecule has 0 saturated carbocycles. The van der Waals surface area contributed by atoms with E-state index in [1.54, 1.807) is 31.0 Å². The van der Waals surface area contributed by atoms with Crippen LogP contribution in [-0.4, -0.2) is 57.3 Å². The molecule has 0 atom stereocenters. The van der Waals surface area contributed by atoms with Gasteiger partial charge >= 0.3 is 0 Å². The topological polar surface area (TPSA) is 101 Å². The molecule has 1 fully saturated rings. The monoisotopic (exact) mass is 354 g/mol. The third kappa shape index (κ3) is 3.15. The first-order chi connectivity index (χ1) is 12.6. The minimum atomic E-state index is -0.0997. The van der Waals surface area contributed by atoms with Crippen molar-refractivity contribution in [3.05, 3.63) is 41.7 Å². The SMILES string of the molecule is Cc1cc(C(=O)N2CCN(c3ccc(-c4noc(C)n4)cn3)CC2)no1. The fourth-order valence-corrected chi connectivity index (χ4v) is 2.89. The van der Waals surface area contributed by atoms with Gasteiger partial charge in [-0.2, -0.15) is 4.98 Å². The van der Waals surface area contributed by atoms with Crippen molar-refractivity contribution in [2.24, 2.45) is 0 Å². The Labute approximate surface area is 149 Å². The summed E-state index contributed by atoms with van der Waals surface area (Å²) < 4.78 is 9.97. The normalized spacial score (nSPS) is 14.7. The Kier molecular flexibility index (Phi) is 4.11. The number of amides is 1. The average Bonchev–Trinajstić information content (AvgIpc) is 3.30. The van der Waals surface area contributed by atoms with E-state index in [1.165, 1.54) is 0 Å². The van der Waals surface area contributed by atoms with Gasteiger partial charge in [0.15, 0.2) is 5.69 Å². The maximum Gasteiger partial charge on any atom is 0.276 e. The van der Waals surface area contributed by atoms with Gasteiger partial charge in [-0.25, -0.2) is 4.98 Å². The molecule has 9 heteroatoms. The van der Waals surface area contributed by atoms with Crippen LogP contribution in [0.5, 0.6) is 0 Å². The van der Waals surface area contributed by atoms with Crippen molar-refractivity contribution in [2.75, 3.05) is 31.1 Å². The lowest BCUT2D eigenvalue weighted by Crippen LogP contribution is -2.49. The fraction of sp³-hybridized carbons (Fsp3) is 0.353. The fourth-order valence-electron chi connectivity index (χ4n) is 2.89. The smallest absolute Gasteiger partial charge is 0.276 e. The molecule has 4 rings (SSSR count). The molecule has 1 aliphatic rings. The predicted octanol–water partition coefficient (Wildman–Crippen LogP) is 1.70. The first kappa shape index (κ1) is 16.2. The van der Waals surface area contributed by atoms with Crippen LogP contribution < -0.4 is 4.90 Å². The van der Waals surface area contributed by atoms with Gasteiger partial charge in [-0.3, -0.25) is 4.79 Å². The van der Waals surface area contributed by atoms with Crippen molar-refractivity contribution < 1.29 is 13.8 Å². The van der Waals surface area contributed by atoms with Crippen molar-refractivity contribution in [3.63, 3.8) is 0 Å². The minimum absolute atomic E-state index is 0.0997. The molecule has 1 amide bonds. The molecule has 1 aliphatic heterocycles. The molecule has 134 valence electrons. The number of anilines is 1. The van der Waals surface area contributed by atoms with E-state index < -0.39 is 0 Å². The van der Waals surface area contributed by atoms with Crippen molar-refractivity contribution in [1.29, 1.82) is 0 Å². The van der Waals surface area contributed by atoms with E-state index in [4.69, 9.17) is 9.05 Å². The molecular formula is C17H18N6O3. The lowest BCUT2D eigenvalue weighted by Gasteiger charge is -2.35. The van der Waals surface area contributed by atoms with Gasteiger partial charge < -0.3 is 18.8 Å². The van der Waals surface area contributed by atoms with Crippen LogP contribution in [0.4, 0.5) is 5.82 Å². The highest BCUT2D eigenvalue weighted by atomic mass is 16.5. The molecule has 3 aromatic heterocycles. The zero-order valence-corrected chi connectivity index (χ0v) is 14.5. The molecule has 0 aromatic carbocycles. The maximum atomic E-state index is 12.4. The highest BCUT2D eigenvalue weighted by molar-refractivity contribution is 5.92. The Balaban J connectivity index is 1.39. The van der Waals surface area contributed by atoms with Gasteiger partial charge in [-0.05, 0) is 19.1 Å². The second-order valence-electron chi connectivity index (χ2n) is 6.14. The third-order valence-electron chi connectivity index (χ3n) is 4.27. The Morgan fingerprint density at radius 3 is 2.46 bits per heavy atom. The summed E-state index contributed by atoms with van der Waals surface area (Å²) in [7, 11) is 0. The van der Waals surface area contributed by atoms with Gasteiger partial charge in [0.1, 0.15) is 11.6 Å². The van der Waals surface area contributed by atoms with Crippen LogP contribution in [0.2, 0.25) is 0 Å². The zero-order valence-electron chi connectivity index (χ0n) is 14.5. The van der Waals surface area contributed by atoms with E-state index >= 15 is 0 Å². The first-order valence-electron chi connectivity index (χ1n) is 8.34. The van der Waals surface area contributed by atoms with Gasteiger partial charge in [-0.15, -0.1) is 0 Å². The number of carbonyl (C=O) groups excluding carboxylic acids is 1. The molecule has 9 nitrogen and oxygen atoms in total. The van der Waals surface area contributed by atoms with E-state index in [0.29, 0.717) is 49.3 Å². The minimum Gasteiger partial charge on any atom is -0.361 e. The van der Waals surface area contributed by atoms with Gasteiger partial charge in [0, 0.05) is 50.9 Å². The highest BCUT2D eigenvalue weighted by Crippen LogP contribution is 2.20. The Bertz CT molecular complexity index is 909. The predicted molar refractivity (Wildman–Crippen MR) is 91.6 cm³/mol. The van der Waals surface area contributed by atoms with Gasteiger partial charge in [0.2, 0.25) is 11.7 Å². The van der Waals surface area contributed by atoms with E-state index in [9.17, 15) is 4.79 Å². The van der Waals surface area contributed by atoms with Gasteiger partial charge in [0.25, 0.3) is 5.91 Å². The van der Waals surface area contributed by atoms with Crippen LogP contribution in [0.1, 0.15) is 22.1 Å². The molecule has 0 aliphatic carbocycles. The summed E-state index contributed by atoms with van der Waals surface area (Å²) in [5.41, 5.74) is 1.16. The number of rotatable bonds is 3. The molecule has 0 N–H and O–H groups in total. The van der Waals surface area contributed by atoms with Crippen LogP contribution in [-0.2, 0) is 0 Å². The molecule has 0 bridgehead atoms. The molecule has 0 radical (unpaired) electrons. The summed E-state index contributed by atoms with van der Waals surface area (Å²) in [6.45, 7) is 6.15. The van der Waals surface area contributed by atoms with Crippen LogP contribution in [0.3, 0.4) is 0 Å². The quantitative estimate of drug-likeness (QED) is 0.700. The van der Waals surface area contributed by atoms with Gasteiger partial charge in [-0.1, -0.05) is 10.3 Å². The molecule has 26 heavy (non-hydrogen) atoms. The average molecular weight is 354 g/mol. The summed E-state index contributed by atoms with van der Waals surface area (Å²) in [4.78, 5) is 25.0. The maximum absolute atomic E-state index is 12.4. The van der Waals surface area contributed by atoms with Crippen molar-refractivity contribution in [2.45, 2.75) is 13.8 Å². The summed E-state index contributed by atoms with van der Waals surface area (Å²) in [6.07, 6.45) is 1.73. The second kappa shape index (κ2) is 6.58. The van der Waals surface area contributed by atoms with Gasteiger partial charge in [0.05, 0.1) is 0 Å². The standard InChI is InChI=1S/C17H18N6O3/c1-11-9-14(20-25-11)17(24)23-7-5-22(6-8-23)15-4-3-13(10-18-15)16-19-12(2)26-21-16/h3-4,9-10H,5-8H2,1-2H3. The zero-order chi connectivity index (χ0) is 18.1. The summed E-state index contributed by atoms with van der Waals surface area (Å²) in [6, 6.07) is 5.51. The molecule has 0 unspecified atom stereocenters. The second-order valence-corrected chi connectivity index (χ2v) is 6.14. The van der Waals surface area contributed by atoms with E-state index in [-0.39, 0.29) is 5.91 Å². The number of nitrogens with zero attached hydrogens (tertiary/aromatic N) is 6. The first-order valence-corrected chi connectivity index (χ1v) is 8.34. The molecule has 3 aromatic rings. The summed E-state index contributed by atoms with van der Waals surface area (Å²) in [5, 5.41) is 7.69. The van der Waals surface area contributed by atoms with Crippen LogP contribution in [0.15, 0.2) is 33.4 Å². The number of hydrogen-bond acceptors (Lipinski definition) is 8. The number of piperazine rings is 1. The van der Waals surface area contributed by atoms with E-state index in [1.807, 2.05) is 12.1 Å². The Hall–Kier alpha value is -3.23. The van der Waals surface area contributed by atoms with Crippen molar-refractivity contribution in [1.82, 2.24) is 25.2 Å². The summed E-state index contributed by atoms with van der Waals surface area (Å²) in [5.74, 6) is 2.44. The number of aryl methyl sites for hydroxylation is 2. The number of hydrogen-bond donors (Lipinski definition) is 0. The molecule has 0 spiro atoms. The number of aromatic nitrogens is 4. The summed E-state index contributed by atoms with van der Waals surface area (Å²) >= 11 is 0. The Morgan fingerprint density at radius 2 is 1.88 bits per heavy atom. The Morgan fingerprint density at radius 1 is 1.08 bits per heavy atom. The molecule has 4 heterocycles. The third-order valence-corrected chi connectivity index (χ3v) is 4.27. The van der Waals surface area contributed by atoms with Crippen LogP contribution in [0, 0.1) is 13.8 Å². The molecular weight excluding hydrogens is 336 g/mol. The van der Waals surface area contributed by atoms with E-state index in [2.05, 4.69) is 25.2 Å². The van der Waals surface area contributed by atoms with E-state index in [0.717, 1.165) is 11.4 Å². The lowest BCUT2D eigenvalue weighted by molar-refractivity contribution is 0.0736. The van der Waals surface area contributed by atoms with Crippen molar-refractivity contribution >= 4 is 11.7 Å². The largest absolute Gasteiger partial charge is 0.361 e.